The van der Waals surface area contributed by atoms with E-state index in [-0.39, 0.29) is 28.3 Å². The lowest BCUT2D eigenvalue weighted by atomic mass is 9.46. The Hall–Kier alpha value is -1.97. The Kier molecular flexibility index (Phi) is 7.34. The minimum absolute atomic E-state index is 0.0819. The summed E-state index contributed by atoms with van der Waals surface area (Å²) in [7, 11) is 1.68. The zero-order valence-electron chi connectivity index (χ0n) is 24.6. The lowest BCUT2D eigenvalue weighted by Crippen LogP contribution is -2.60. The Morgan fingerprint density at radius 1 is 1.10 bits per heavy atom. The third-order valence-electron chi connectivity index (χ3n) is 12.5. The molecule has 8 nitrogen and oxygen atoms in total. The molecule has 5 aliphatic rings. The number of hydrogen-bond donors (Lipinski definition) is 5. The molecule has 0 aromatic heterocycles. The van der Waals surface area contributed by atoms with Crippen molar-refractivity contribution in [3.05, 3.63) is 34.9 Å². The van der Waals surface area contributed by atoms with Crippen molar-refractivity contribution in [3.63, 3.8) is 0 Å². The Labute approximate surface area is 242 Å². The molecule has 12 atom stereocenters. The maximum absolute atomic E-state index is 12.9. The van der Waals surface area contributed by atoms with Crippen molar-refractivity contribution in [1.29, 1.82) is 0 Å². The van der Waals surface area contributed by atoms with Crippen LogP contribution in [0.2, 0.25) is 0 Å². The molecule has 0 amide bonds. The standard InChI is InChI=1S/C33H46O8/c1-16-21(22-12-19(35)5-6-26(22)40-4)11-18-9-17-10-23(31-30(39)29(38)28(37)27(15-34)41-31)24-13-20(36)7-8-32(24,2)25(17)14-33(16,18)3/h5-6,12,16-18,21,25,27-31,34-35,37-39H,7-11,13-15H2,1-4H3/t16?,17?,18?,21?,25?,27-,28-,29+,30?,31?,32?,33?/m1/s1. The third-order valence-corrected chi connectivity index (χ3v) is 12.5. The molecule has 5 N–H and O–H groups in total. The molecule has 1 heterocycles. The molecule has 1 saturated heterocycles. The number of aliphatic hydroxyl groups is 4. The van der Waals surface area contributed by atoms with Crippen molar-refractivity contribution in [1.82, 2.24) is 0 Å². The minimum atomic E-state index is -1.44. The molecule has 41 heavy (non-hydrogen) atoms. The van der Waals surface area contributed by atoms with Crippen LogP contribution in [0.5, 0.6) is 11.5 Å². The summed E-state index contributed by atoms with van der Waals surface area (Å²) < 4.78 is 11.8. The van der Waals surface area contributed by atoms with Crippen LogP contribution < -0.4 is 4.74 Å². The van der Waals surface area contributed by atoms with E-state index in [1.807, 2.05) is 12.1 Å². The van der Waals surface area contributed by atoms with Crippen LogP contribution in [0, 0.1) is 34.5 Å². The van der Waals surface area contributed by atoms with Gasteiger partial charge >= 0.3 is 0 Å². The minimum Gasteiger partial charge on any atom is -0.508 e. The molecule has 6 rings (SSSR count). The summed E-state index contributed by atoms with van der Waals surface area (Å²) in [6, 6.07) is 5.38. The van der Waals surface area contributed by atoms with E-state index in [4.69, 9.17) is 9.47 Å². The van der Waals surface area contributed by atoms with Crippen LogP contribution in [0.15, 0.2) is 29.3 Å². The van der Waals surface area contributed by atoms with E-state index in [0.29, 0.717) is 42.9 Å². The molecule has 4 fully saturated rings. The summed E-state index contributed by atoms with van der Waals surface area (Å²) in [5, 5.41) is 52.3. The van der Waals surface area contributed by atoms with Gasteiger partial charge in [0, 0.05) is 18.4 Å². The monoisotopic (exact) mass is 570 g/mol. The Morgan fingerprint density at radius 2 is 1.85 bits per heavy atom. The number of carbonyl (C=O) groups excluding carboxylic acids is 1. The number of hydrogen-bond acceptors (Lipinski definition) is 8. The maximum atomic E-state index is 12.9. The third kappa shape index (κ3) is 4.39. The topological polar surface area (TPSA) is 137 Å². The number of aromatic hydroxyl groups is 1. The van der Waals surface area contributed by atoms with Crippen LogP contribution in [0.4, 0.5) is 0 Å². The molecule has 1 aromatic carbocycles. The van der Waals surface area contributed by atoms with Gasteiger partial charge in [-0.15, -0.1) is 0 Å². The molecule has 0 radical (unpaired) electrons. The number of ether oxygens (including phenoxy) is 2. The number of phenols is 1. The number of rotatable bonds is 4. The number of aliphatic hydroxyl groups excluding tert-OH is 4. The molecular weight excluding hydrogens is 524 g/mol. The quantitative estimate of drug-likeness (QED) is 0.347. The summed E-state index contributed by atoms with van der Waals surface area (Å²) in [6.45, 7) is 6.60. The van der Waals surface area contributed by atoms with Crippen LogP contribution in [-0.4, -0.2) is 75.6 Å². The first-order valence-corrected chi connectivity index (χ1v) is 15.3. The van der Waals surface area contributed by atoms with Crippen molar-refractivity contribution < 1.29 is 39.8 Å². The highest BCUT2D eigenvalue weighted by atomic mass is 16.5. The van der Waals surface area contributed by atoms with Gasteiger partial charge in [0.25, 0.3) is 0 Å². The maximum Gasteiger partial charge on any atom is 0.136 e. The highest BCUT2D eigenvalue weighted by Gasteiger charge is 2.61. The number of ketones is 1. The normalized spacial score (nSPS) is 46.1. The number of phenolic OH excluding ortho intramolecular Hbond substituents is 1. The summed E-state index contributed by atoms with van der Waals surface area (Å²) in [5.41, 5.74) is 2.84. The van der Waals surface area contributed by atoms with Gasteiger partial charge in [0.2, 0.25) is 0 Å². The highest BCUT2D eigenvalue weighted by molar-refractivity contribution is 5.83. The fraction of sp³-hybridized carbons (Fsp3) is 0.727. The SMILES string of the molecule is COc1ccc(O)cc1C1CC2CC3CC(C4O[C@H](CO)[C@@H](O)[C@H](O)C4O)=C4CC(=O)CCC4(C)C3CC2(C)C1C. The van der Waals surface area contributed by atoms with Gasteiger partial charge in [-0.1, -0.05) is 26.3 Å². The summed E-state index contributed by atoms with van der Waals surface area (Å²) in [5.74, 6) is 3.03. The molecule has 4 aliphatic carbocycles. The van der Waals surface area contributed by atoms with E-state index < -0.39 is 37.1 Å². The molecular formula is C33H46O8. The molecule has 8 heteroatoms. The Balaban J connectivity index is 1.37. The average Bonchev–Trinajstić information content (AvgIpc) is 3.21. The second-order valence-corrected chi connectivity index (χ2v) is 14.2. The number of carbonyl (C=O) groups is 1. The highest BCUT2D eigenvalue weighted by Crippen LogP contribution is 2.69. The van der Waals surface area contributed by atoms with Crippen molar-refractivity contribution in [2.45, 2.75) is 102 Å². The predicted octanol–water partition coefficient (Wildman–Crippen LogP) is 3.47. The second kappa shape index (κ2) is 10.3. The molecule has 3 saturated carbocycles. The largest absolute Gasteiger partial charge is 0.508 e. The predicted molar refractivity (Wildman–Crippen MR) is 151 cm³/mol. The Morgan fingerprint density at radius 3 is 2.56 bits per heavy atom. The van der Waals surface area contributed by atoms with E-state index in [9.17, 15) is 30.3 Å². The first-order valence-electron chi connectivity index (χ1n) is 15.3. The van der Waals surface area contributed by atoms with Gasteiger partial charge in [0.05, 0.1) is 13.7 Å². The number of methoxy groups -OCH3 is 1. The number of allylic oxidation sites excluding steroid dienone is 1. The van der Waals surface area contributed by atoms with Crippen LogP contribution in [0.3, 0.4) is 0 Å². The number of Topliss-reactive ketones (excluding diaryl/α,β-unsaturated/α-hetero) is 1. The summed E-state index contributed by atoms with van der Waals surface area (Å²) in [4.78, 5) is 12.9. The van der Waals surface area contributed by atoms with Gasteiger partial charge in [0.15, 0.2) is 0 Å². The molecule has 0 spiro atoms. The summed E-state index contributed by atoms with van der Waals surface area (Å²) >= 11 is 0. The fourth-order valence-electron chi connectivity index (χ4n) is 9.89. The van der Waals surface area contributed by atoms with E-state index in [1.165, 1.54) is 0 Å². The van der Waals surface area contributed by atoms with Gasteiger partial charge in [0.1, 0.15) is 47.8 Å². The van der Waals surface area contributed by atoms with Crippen LogP contribution in [-0.2, 0) is 9.53 Å². The second-order valence-electron chi connectivity index (χ2n) is 14.2. The smallest absolute Gasteiger partial charge is 0.136 e. The molecule has 226 valence electrons. The molecule has 1 aromatic rings. The van der Waals surface area contributed by atoms with Crippen LogP contribution >= 0.6 is 0 Å². The zero-order valence-corrected chi connectivity index (χ0v) is 24.6. The first kappa shape index (κ1) is 29.1. The van der Waals surface area contributed by atoms with Gasteiger partial charge in [-0.2, -0.15) is 0 Å². The summed E-state index contributed by atoms with van der Waals surface area (Å²) in [6.07, 6.45) is -0.692. The van der Waals surface area contributed by atoms with Crippen molar-refractivity contribution in [2.24, 2.45) is 34.5 Å². The molecule has 0 bridgehead atoms. The number of benzene rings is 1. The van der Waals surface area contributed by atoms with Crippen molar-refractivity contribution >= 4 is 5.78 Å². The molecule has 1 aliphatic heterocycles. The lowest BCUT2D eigenvalue weighted by Gasteiger charge is -2.59. The van der Waals surface area contributed by atoms with E-state index >= 15 is 0 Å². The van der Waals surface area contributed by atoms with Gasteiger partial charge in [-0.05, 0) is 96.3 Å². The van der Waals surface area contributed by atoms with Crippen molar-refractivity contribution in [2.75, 3.05) is 13.7 Å². The van der Waals surface area contributed by atoms with E-state index in [0.717, 1.165) is 48.1 Å². The van der Waals surface area contributed by atoms with Crippen LogP contribution in [0.25, 0.3) is 0 Å². The van der Waals surface area contributed by atoms with E-state index in [2.05, 4.69) is 20.8 Å². The van der Waals surface area contributed by atoms with Gasteiger partial charge < -0.3 is 35.0 Å². The van der Waals surface area contributed by atoms with Crippen molar-refractivity contribution in [3.8, 4) is 11.5 Å². The lowest BCUT2D eigenvalue weighted by molar-refractivity contribution is -0.221. The van der Waals surface area contributed by atoms with E-state index in [1.54, 1.807) is 13.2 Å². The first-order chi connectivity index (χ1) is 19.4. The number of fused-ring (bicyclic) bond motifs is 4. The fourth-order valence-corrected chi connectivity index (χ4v) is 9.89. The van der Waals surface area contributed by atoms with Gasteiger partial charge in [-0.25, -0.2) is 0 Å². The zero-order chi connectivity index (χ0) is 29.4. The average molecular weight is 571 g/mol. The molecule has 9 unspecified atom stereocenters. The van der Waals surface area contributed by atoms with Gasteiger partial charge in [-0.3, -0.25) is 4.79 Å². The Bertz CT molecular complexity index is 1230. The van der Waals surface area contributed by atoms with Crippen LogP contribution in [0.1, 0.15) is 77.2 Å².